The number of benzene rings is 2. The number of carboxylic acid groups (broad SMARTS) is 1. The molecule has 1 atom stereocenters. The van der Waals surface area contributed by atoms with Crippen molar-refractivity contribution in [1.82, 2.24) is 9.78 Å². The fourth-order valence-electron chi connectivity index (χ4n) is 2.21. The lowest BCUT2D eigenvalue weighted by Gasteiger charge is -2.17. The fourth-order valence-corrected chi connectivity index (χ4v) is 4.17. The van der Waals surface area contributed by atoms with Crippen molar-refractivity contribution in [2.24, 2.45) is 0 Å². The maximum absolute atomic E-state index is 12.9. The highest BCUT2D eigenvalue weighted by atomic mass is 127. The molecule has 0 bridgehead atoms. The van der Waals surface area contributed by atoms with E-state index in [9.17, 15) is 9.36 Å². The molecule has 0 spiro atoms. The Hall–Kier alpha value is -1.90. The van der Waals surface area contributed by atoms with Crippen LogP contribution < -0.4 is 9.83 Å². The van der Waals surface area contributed by atoms with Gasteiger partial charge in [0.25, 0.3) is 0 Å². The quantitative estimate of drug-likeness (QED) is 0.474. The first-order chi connectivity index (χ1) is 11.4. The van der Waals surface area contributed by atoms with Gasteiger partial charge < -0.3 is 9.63 Å². The van der Waals surface area contributed by atoms with Gasteiger partial charge in [-0.15, -0.1) is 0 Å². The Bertz CT molecular complexity index is 957. The van der Waals surface area contributed by atoms with Gasteiger partial charge in [-0.25, -0.2) is 9.36 Å². The van der Waals surface area contributed by atoms with Crippen LogP contribution in [0.25, 0.3) is 10.9 Å². The van der Waals surface area contributed by atoms with Crippen molar-refractivity contribution < 1.29 is 23.5 Å². The van der Waals surface area contributed by atoms with Gasteiger partial charge in [0, 0.05) is 12.5 Å². The maximum Gasteiger partial charge on any atom is 0.432 e. The predicted molar refractivity (Wildman–Crippen MR) is 97.2 cm³/mol. The molecule has 0 saturated carbocycles. The summed E-state index contributed by atoms with van der Waals surface area (Å²) < 4.78 is 25.1. The van der Waals surface area contributed by atoms with Crippen LogP contribution >= 0.6 is 30.2 Å². The van der Waals surface area contributed by atoms with Crippen LogP contribution in [-0.2, 0) is 9.09 Å². The Morgan fingerprint density at radius 3 is 2.58 bits per heavy atom. The molecule has 7 nitrogen and oxygen atoms in total. The Labute approximate surface area is 150 Å². The number of halogens is 1. The van der Waals surface area contributed by atoms with Crippen molar-refractivity contribution in [2.75, 3.05) is 7.11 Å². The first-order valence-corrected chi connectivity index (χ1v) is 9.39. The summed E-state index contributed by atoms with van der Waals surface area (Å²) in [5.74, 6) is 0.305. The van der Waals surface area contributed by atoms with Gasteiger partial charge >= 0.3 is 13.7 Å². The van der Waals surface area contributed by atoms with Crippen LogP contribution in [0.2, 0.25) is 0 Å². The van der Waals surface area contributed by atoms with Crippen LogP contribution in [0.15, 0.2) is 48.5 Å². The summed E-state index contributed by atoms with van der Waals surface area (Å²) in [4.78, 5) is 11.2. The number of fused-ring (bicyclic) bond motifs is 1. The highest BCUT2D eigenvalue weighted by Crippen LogP contribution is 2.46. The van der Waals surface area contributed by atoms with Crippen molar-refractivity contribution >= 4 is 52.5 Å². The van der Waals surface area contributed by atoms with Gasteiger partial charge in [-0.3, -0.25) is 4.52 Å². The average molecular weight is 458 g/mol. The summed E-state index contributed by atoms with van der Waals surface area (Å²) in [6, 6.07) is 13.3. The summed E-state index contributed by atoms with van der Waals surface area (Å²) in [7, 11) is -2.21. The molecule has 0 fully saturated rings. The van der Waals surface area contributed by atoms with Gasteiger partial charge in [0.15, 0.2) is 0 Å². The lowest BCUT2D eigenvalue weighted by molar-refractivity contribution is 0.194. The Kier molecular flexibility index (Phi) is 4.62. The number of aromatic nitrogens is 2. The Morgan fingerprint density at radius 2 is 1.96 bits per heavy atom. The molecule has 24 heavy (non-hydrogen) atoms. The van der Waals surface area contributed by atoms with Crippen LogP contribution in [-0.4, -0.2) is 28.1 Å². The van der Waals surface area contributed by atoms with Gasteiger partial charge in [-0.1, -0.05) is 18.2 Å². The van der Waals surface area contributed by atoms with E-state index in [-0.39, 0.29) is 0 Å². The normalized spacial score (nSPS) is 13.6. The molecule has 1 unspecified atom stereocenters. The minimum absolute atomic E-state index is 0.305. The van der Waals surface area contributed by atoms with E-state index in [4.69, 9.17) is 14.2 Å². The summed E-state index contributed by atoms with van der Waals surface area (Å²) in [5, 5.41) is 14.1. The third-order valence-corrected chi connectivity index (χ3v) is 5.99. The molecule has 124 valence electrons. The van der Waals surface area contributed by atoms with Crippen molar-refractivity contribution in [2.45, 2.75) is 0 Å². The largest absolute Gasteiger partial charge is 0.463 e. The first kappa shape index (κ1) is 16.9. The van der Waals surface area contributed by atoms with Gasteiger partial charge in [-0.05, 0) is 52.9 Å². The third kappa shape index (κ3) is 3.04. The predicted octanol–water partition coefficient (Wildman–Crippen LogP) is 3.71. The van der Waals surface area contributed by atoms with E-state index < -0.39 is 13.7 Å². The number of rotatable bonds is 4. The molecular weight excluding hydrogens is 446 g/mol. The second-order valence-corrected chi connectivity index (χ2v) is 7.85. The number of nitrogens with zero attached hydrogens (tertiary/aromatic N) is 2. The summed E-state index contributed by atoms with van der Waals surface area (Å²) >= 11 is 1.94. The number of hydrogen-bond acceptors (Lipinski definition) is 5. The smallest absolute Gasteiger partial charge is 0.432 e. The molecule has 9 heteroatoms. The first-order valence-electron chi connectivity index (χ1n) is 6.77. The minimum atomic E-state index is -3.53. The second kappa shape index (κ2) is 6.54. The molecule has 0 saturated heterocycles. The number of carbonyl (C=O) groups is 1. The zero-order valence-corrected chi connectivity index (χ0v) is 15.5. The lowest BCUT2D eigenvalue weighted by atomic mass is 10.2. The summed E-state index contributed by atoms with van der Waals surface area (Å²) in [6.45, 7) is 0. The highest BCUT2D eigenvalue weighted by Gasteiger charge is 2.28. The molecule has 0 aliphatic carbocycles. The summed E-state index contributed by atoms with van der Waals surface area (Å²) in [6.07, 6.45) is -1.18. The molecule has 1 heterocycles. The van der Waals surface area contributed by atoms with Gasteiger partial charge in [-0.2, -0.15) is 9.78 Å². The Balaban J connectivity index is 2.02. The Morgan fingerprint density at radius 1 is 1.25 bits per heavy atom. The number of hydrogen-bond donors (Lipinski definition) is 1. The molecule has 3 rings (SSSR count). The lowest BCUT2D eigenvalue weighted by Crippen LogP contribution is -2.11. The van der Waals surface area contributed by atoms with Crippen molar-refractivity contribution in [3.63, 3.8) is 0 Å². The maximum atomic E-state index is 12.9. The minimum Gasteiger partial charge on any atom is -0.463 e. The van der Waals surface area contributed by atoms with E-state index in [1.807, 2.05) is 22.6 Å². The van der Waals surface area contributed by atoms with Gasteiger partial charge in [0.05, 0.1) is 10.8 Å². The van der Waals surface area contributed by atoms with E-state index in [0.29, 0.717) is 25.7 Å². The topological polar surface area (TPSA) is 90.7 Å². The van der Waals surface area contributed by atoms with Crippen molar-refractivity contribution in [1.29, 1.82) is 0 Å². The molecule has 2 aromatic carbocycles. The molecule has 0 aliphatic heterocycles. The molecule has 0 amide bonds. The third-order valence-electron chi connectivity index (χ3n) is 3.33. The van der Waals surface area contributed by atoms with E-state index in [0.717, 1.165) is 4.68 Å². The monoisotopic (exact) mass is 458 g/mol. The molecule has 1 aromatic heterocycles. The standard InChI is InChI=1S/C15H12IN2O5P/c1-22-24(21,11-5-3-2-4-6-11)23-10-7-8-13-12(9-10)14(16)17-18(13)15(19)20/h2-9H,1H3,(H,19,20). The average Bonchev–Trinajstić information content (AvgIpc) is 2.92. The molecular formula is C15H12IN2O5P. The molecule has 1 N–H and O–H groups in total. The van der Waals surface area contributed by atoms with Crippen molar-refractivity contribution in [3.05, 3.63) is 52.2 Å². The molecule has 0 aliphatic rings. The highest BCUT2D eigenvalue weighted by molar-refractivity contribution is 14.1. The van der Waals surface area contributed by atoms with Crippen LogP contribution in [0.1, 0.15) is 0 Å². The SMILES string of the molecule is COP(=O)(Oc1ccc2c(c1)c(I)nn2C(=O)O)c1ccccc1. The van der Waals surface area contributed by atoms with E-state index in [1.54, 1.807) is 42.5 Å². The van der Waals surface area contributed by atoms with E-state index >= 15 is 0 Å². The second-order valence-electron chi connectivity index (χ2n) is 4.77. The molecule has 3 aromatic rings. The van der Waals surface area contributed by atoms with Crippen LogP contribution in [0.4, 0.5) is 4.79 Å². The van der Waals surface area contributed by atoms with Crippen molar-refractivity contribution in [3.8, 4) is 5.75 Å². The zero-order chi connectivity index (χ0) is 17.3. The van der Waals surface area contributed by atoms with E-state index in [1.165, 1.54) is 13.2 Å². The van der Waals surface area contributed by atoms with Crippen LogP contribution in [0.3, 0.4) is 0 Å². The molecule has 0 radical (unpaired) electrons. The zero-order valence-electron chi connectivity index (χ0n) is 12.4. The van der Waals surface area contributed by atoms with Crippen LogP contribution in [0.5, 0.6) is 5.75 Å². The van der Waals surface area contributed by atoms with Crippen LogP contribution in [0, 0.1) is 3.70 Å². The van der Waals surface area contributed by atoms with E-state index in [2.05, 4.69) is 5.10 Å². The van der Waals surface area contributed by atoms with Gasteiger partial charge in [0.1, 0.15) is 9.45 Å². The van der Waals surface area contributed by atoms with Gasteiger partial charge in [0.2, 0.25) is 0 Å². The summed E-state index contributed by atoms with van der Waals surface area (Å²) in [5.41, 5.74) is 0.422. The fraction of sp³-hybridized carbons (Fsp3) is 0.0667.